The third kappa shape index (κ3) is 2.49. The maximum Gasteiger partial charge on any atom is 0.249 e. The minimum atomic E-state index is -3.36. The van der Waals surface area contributed by atoms with E-state index in [1.54, 1.807) is 6.92 Å². The summed E-state index contributed by atoms with van der Waals surface area (Å²) in [6.45, 7) is 1.74. The van der Waals surface area contributed by atoms with Crippen molar-refractivity contribution in [2.75, 3.05) is 6.26 Å². The molecule has 6 nitrogen and oxygen atoms in total. The van der Waals surface area contributed by atoms with Crippen LogP contribution in [0.2, 0.25) is 0 Å². The van der Waals surface area contributed by atoms with Crippen LogP contribution in [0.4, 0.5) is 0 Å². The number of aliphatic hydroxyl groups excluding tert-OH is 1. The third-order valence-corrected chi connectivity index (χ3v) is 2.35. The zero-order chi connectivity index (χ0) is 10.1. The van der Waals surface area contributed by atoms with Crippen LogP contribution in [0.25, 0.3) is 0 Å². The molecule has 13 heavy (non-hydrogen) atoms. The van der Waals surface area contributed by atoms with Gasteiger partial charge in [0.15, 0.2) is 0 Å². The first-order chi connectivity index (χ1) is 5.91. The molecule has 0 saturated carbocycles. The Morgan fingerprint density at radius 1 is 1.69 bits per heavy atom. The lowest BCUT2D eigenvalue weighted by molar-refractivity contribution is 0.170. The van der Waals surface area contributed by atoms with Crippen LogP contribution in [-0.2, 0) is 16.4 Å². The van der Waals surface area contributed by atoms with Crippen molar-refractivity contribution in [1.82, 2.24) is 14.8 Å². The third-order valence-electron chi connectivity index (χ3n) is 1.37. The molecule has 1 unspecified atom stereocenters. The van der Waals surface area contributed by atoms with E-state index in [0.29, 0.717) is 0 Å². The lowest BCUT2D eigenvalue weighted by Gasteiger charge is -2.06. The highest BCUT2D eigenvalue weighted by molar-refractivity contribution is 7.90. The molecule has 1 rings (SSSR count). The highest BCUT2D eigenvalue weighted by Gasteiger charge is 2.16. The standard InChI is InChI=1S/C6H11N3O3S/c1-5(10)3-9-4-7-8-6(9)13(2,11)12/h4-5,10H,3H2,1-2H3. The molecule has 0 spiro atoms. The Morgan fingerprint density at radius 3 is 2.77 bits per heavy atom. The molecule has 1 heterocycles. The minimum Gasteiger partial charge on any atom is -0.392 e. The van der Waals surface area contributed by atoms with Crippen LogP contribution < -0.4 is 0 Å². The number of aliphatic hydroxyl groups is 1. The number of sulfone groups is 1. The minimum absolute atomic E-state index is 0.117. The van der Waals surface area contributed by atoms with Crippen molar-refractivity contribution in [1.29, 1.82) is 0 Å². The van der Waals surface area contributed by atoms with Gasteiger partial charge in [-0.15, -0.1) is 10.2 Å². The summed E-state index contributed by atoms with van der Waals surface area (Å²) in [6, 6.07) is 0. The summed E-state index contributed by atoms with van der Waals surface area (Å²) in [6.07, 6.45) is 1.70. The summed E-state index contributed by atoms with van der Waals surface area (Å²) in [5, 5.41) is 15.8. The maximum atomic E-state index is 11.1. The Kier molecular flexibility index (Phi) is 2.67. The summed E-state index contributed by atoms with van der Waals surface area (Å²) in [4.78, 5) is 0. The molecular formula is C6H11N3O3S. The number of nitrogens with zero attached hydrogens (tertiary/aromatic N) is 3. The van der Waals surface area contributed by atoms with E-state index in [4.69, 9.17) is 5.11 Å². The lowest BCUT2D eigenvalue weighted by atomic mass is 10.4. The van der Waals surface area contributed by atoms with Crippen LogP contribution in [0.1, 0.15) is 6.92 Å². The molecule has 0 aromatic carbocycles. The van der Waals surface area contributed by atoms with Crippen LogP contribution in [0.15, 0.2) is 11.5 Å². The normalized spacial score (nSPS) is 14.4. The van der Waals surface area contributed by atoms with E-state index in [0.717, 1.165) is 6.26 Å². The van der Waals surface area contributed by atoms with Crippen LogP contribution in [-0.4, -0.2) is 40.6 Å². The number of rotatable bonds is 3. The largest absolute Gasteiger partial charge is 0.392 e. The average Bonchev–Trinajstić information content (AvgIpc) is 2.31. The summed E-state index contributed by atoms with van der Waals surface area (Å²) in [5.41, 5.74) is 0. The zero-order valence-corrected chi connectivity index (χ0v) is 8.19. The Labute approximate surface area is 76.1 Å². The number of aromatic nitrogens is 3. The predicted octanol–water partition coefficient (Wildman–Crippen LogP) is -0.938. The highest BCUT2D eigenvalue weighted by Crippen LogP contribution is 2.04. The summed E-state index contributed by atoms with van der Waals surface area (Å²) >= 11 is 0. The monoisotopic (exact) mass is 205 g/mol. The fourth-order valence-electron chi connectivity index (χ4n) is 0.941. The van der Waals surface area contributed by atoms with Crippen molar-refractivity contribution in [2.24, 2.45) is 0 Å². The van der Waals surface area contributed by atoms with Gasteiger partial charge >= 0.3 is 0 Å². The molecule has 0 aliphatic heterocycles. The molecule has 0 bridgehead atoms. The van der Waals surface area contributed by atoms with Crippen molar-refractivity contribution in [3.63, 3.8) is 0 Å². The molecule has 7 heteroatoms. The second-order valence-electron chi connectivity index (χ2n) is 2.89. The van der Waals surface area contributed by atoms with Crippen molar-refractivity contribution in [3.8, 4) is 0 Å². The van der Waals surface area contributed by atoms with Crippen molar-refractivity contribution < 1.29 is 13.5 Å². The van der Waals surface area contributed by atoms with Gasteiger partial charge in [0.2, 0.25) is 15.0 Å². The van der Waals surface area contributed by atoms with E-state index >= 15 is 0 Å². The molecule has 0 saturated heterocycles. The van der Waals surface area contributed by atoms with E-state index in [-0.39, 0.29) is 11.7 Å². The van der Waals surface area contributed by atoms with Crippen molar-refractivity contribution >= 4 is 9.84 Å². The van der Waals surface area contributed by atoms with E-state index in [1.807, 2.05) is 0 Å². The number of hydrogen-bond donors (Lipinski definition) is 1. The predicted molar refractivity (Wildman–Crippen MR) is 44.8 cm³/mol. The summed E-state index contributed by atoms with van der Waals surface area (Å²) < 4.78 is 23.5. The molecule has 1 N–H and O–H groups in total. The van der Waals surface area contributed by atoms with Gasteiger partial charge in [-0.3, -0.25) is 0 Å². The van der Waals surface area contributed by atoms with Gasteiger partial charge in [0.25, 0.3) is 0 Å². The van der Waals surface area contributed by atoms with Gasteiger partial charge in [-0.25, -0.2) is 8.42 Å². The van der Waals surface area contributed by atoms with Crippen LogP contribution in [0.3, 0.4) is 0 Å². The quantitative estimate of drug-likeness (QED) is 0.688. The van der Waals surface area contributed by atoms with Crippen LogP contribution in [0, 0.1) is 0 Å². The first kappa shape index (κ1) is 10.1. The van der Waals surface area contributed by atoms with E-state index in [2.05, 4.69) is 10.2 Å². The van der Waals surface area contributed by atoms with Gasteiger partial charge in [0.1, 0.15) is 6.33 Å². The van der Waals surface area contributed by atoms with Crippen LogP contribution in [0.5, 0.6) is 0 Å². The maximum absolute atomic E-state index is 11.1. The Hall–Kier alpha value is -0.950. The molecule has 0 aliphatic rings. The lowest BCUT2D eigenvalue weighted by Crippen LogP contribution is -2.16. The molecule has 0 radical (unpaired) electrons. The van der Waals surface area contributed by atoms with Crippen molar-refractivity contribution in [3.05, 3.63) is 6.33 Å². The second-order valence-corrected chi connectivity index (χ2v) is 4.80. The zero-order valence-electron chi connectivity index (χ0n) is 7.38. The smallest absolute Gasteiger partial charge is 0.249 e. The SMILES string of the molecule is CC(O)Cn1cnnc1S(C)(=O)=O. The van der Waals surface area contributed by atoms with Gasteiger partial charge in [0, 0.05) is 6.26 Å². The molecule has 0 aliphatic carbocycles. The molecule has 1 aromatic heterocycles. The first-order valence-electron chi connectivity index (χ1n) is 3.67. The average molecular weight is 205 g/mol. The molecule has 1 atom stereocenters. The highest BCUT2D eigenvalue weighted by atomic mass is 32.2. The Bertz CT molecular complexity index is 382. The van der Waals surface area contributed by atoms with Crippen LogP contribution >= 0.6 is 0 Å². The van der Waals surface area contributed by atoms with Crippen molar-refractivity contribution in [2.45, 2.75) is 24.7 Å². The van der Waals surface area contributed by atoms with Gasteiger partial charge in [-0.05, 0) is 6.92 Å². The fourth-order valence-corrected chi connectivity index (χ4v) is 1.68. The fraction of sp³-hybridized carbons (Fsp3) is 0.667. The Morgan fingerprint density at radius 2 is 2.31 bits per heavy atom. The Balaban J connectivity index is 3.04. The van der Waals surface area contributed by atoms with E-state index < -0.39 is 15.9 Å². The molecule has 1 aromatic rings. The molecular weight excluding hydrogens is 194 g/mol. The van der Waals surface area contributed by atoms with E-state index in [9.17, 15) is 8.42 Å². The van der Waals surface area contributed by atoms with Gasteiger partial charge in [-0.2, -0.15) is 0 Å². The molecule has 0 amide bonds. The second kappa shape index (κ2) is 3.43. The topological polar surface area (TPSA) is 85.1 Å². The molecule has 0 fully saturated rings. The first-order valence-corrected chi connectivity index (χ1v) is 5.56. The van der Waals surface area contributed by atoms with Gasteiger partial charge in [-0.1, -0.05) is 0 Å². The molecule has 74 valence electrons. The van der Waals surface area contributed by atoms with E-state index in [1.165, 1.54) is 10.9 Å². The number of hydrogen-bond acceptors (Lipinski definition) is 5. The van der Waals surface area contributed by atoms with Gasteiger partial charge in [0.05, 0.1) is 12.6 Å². The summed E-state index contributed by atoms with van der Waals surface area (Å²) in [7, 11) is -3.36. The van der Waals surface area contributed by atoms with Gasteiger partial charge < -0.3 is 9.67 Å². The summed E-state index contributed by atoms with van der Waals surface area (Å²) in [5.74, 6) is 0.